The highest BCUT2D eigenvalue weighted by molar-refractivity contribution is 7.92. The molecule has 0 radical (unpaired) electrons. The van der Waals surface area contributed by atoms with Crippen LogP contribution in [0.15, 0.2) is 24.3 Å². The molecule has 0 aliphatic carbocycles. The lowest BCUT2D eigenvalue weighted by Crippen LogP contribution is -2.47. The lowest BCUT2D eigenvalue weighted by molar-refractivity contribution is -0.137. The Balaban J connectivity index is 3.40. The maximum Gasteiger partial charge on any atom is 0.416 e. The van der Waals surface area contributed by atoms with Gasteiger partial charge in [0.05, 0.1) is 17.5 Å². The summed E-state index contributed by atoms with van der Waals surface area (Å²) in [5.74, 6) is -0.539. The van der Waals surface area contributed by atoms with E-state index in [1.54, 1.807) is 0 Å². The summed E-state index contributed by atoms with van der Waals surface area (Å²) >= 11 is 0. The van der Waals surface area contributed by atoms with Crippen molar-refractivity contribution in [2.45, 2.75) is 19.1 Å². The molecule has 0 spiro atoms. The Labute approximate surface area is 127 Å². The molecule has 1 aromatic rings. The lowest BCUT2D eigenvalue weighted by Gasteiger charge is -2.30. The molecular formula is C13H17F3N2O3S. The summed E-state index contributed by atoms with van der Waals surface area (Å²) in [5, 5.41) is 0. The van der Waals surface area contributed by atoms with Crippen LogP contribution in [0.25, 0.3) is 0 Å². The van der Waals surface area contributed by atoms with Crippen LogP contribution in [-0.4, -0.2) is 45.6 Å². The van der Waals surface area contributed by atoms with Crippen LogP contribution >= 0.6 is 0 Å². The molecule has 1 amide bonds. The van der Waals surface area contributed by atoms with E-state index in [-0.39, 0.29) is 5.69 Å². The zero-order valence-electron chi connectivity index (χ0n) is 12.5. The normalized spacial score (nSPS) is 13.6. The number of hydrogen-bond acceptors (Lipinski definition) is 3. The van der Waals surface area contributed by atoms with E-state index in [4.69, 9.17) is 0 Å². The standard InChI is InChI=1S/C13H17F3N2O3S/c1-9(12(19)17(2)3)18(22(4,20)21)11-7-5-6-10(8-11)13(14,15)16/h5-9H,1-4H3. The van der Waals surface area contributed by atoms with Crippen molar-refractivity contribution in [2.75, 3.05) is 24.7 Å². The van der Waals surface area contributed by atoms with Crippen LogP contribution in [0.2, 0.25) is 0 Å². The molecule has 0 saturated heterocycles. The minimum atomic E-state index is -4.60. The van der Waals surface area contributed by atoms with Crippen LogP contribution in [0, 0.1) is 0 Å². The molecule has 0 aliphatic rings. The maximum absolute atomic E-state index is 12.8. The predicted molar refractivity (Wildman–Crippen MR) is 76.9 cm³/mol. The quantitative estimate of drug-likeness (QED) is 0.843. The second-order valence-corrected chi connectivity index (χ2v) is 6.87. The number of alkyl halides is 3. The monoisotopic (exact) mass is 338 g/mol. The molecule has 22 heavy (non-hydrogen) atoms. The van der Waals surface area contributed by atoms with Crippen LogP contribution in [-0.2, 0) is 21.0 Å². The highest BCUT2D eigenvalue weighted by atomic mass is 32.2. The van der Waals surface area contributed by atoms with E-state index >= 15 is 0 Å². The highest BCUT2D eigenvalue weighted by Gasteiger charge is 2.34. The molecule has 0 aliphatic heterocycles. The Hall–Kier alpha value is -1.77. The van der Waals surface area contributed by atoms with Crippen LogP contribution < -0.4 is 4.31 Å². The second kappa shape index (κ2) is 6.15. The first-order valence-corrected chi connectivity index (χ1v) is 8.08. The van der Waals surface area contributed by atoms with Crippen molar-refractivity contribution in [3.8, 4) is 0 Å². The van der Waals surface area contributed by atoms with E-state index in [1.165, 1.54) is 32.0 Å². The van der Waals surface area contributed by atoms with Crippen LogP contribution in [0.1, 0.15) is 12.5 Å². The van der Waals surface area contributed by atoms with Gasteiger partial charge in [-0.2, -0.15) is 13.2 Å². The van der Waals surface area contributed by atoms with Crippen molar-refractivity contribution < 1.29 is 26.4 Å². The van der Waals surface area contributed by atoms with Crippen molar-refractivity contribution >= 4 is 21.6 Å². The van der Waals surface area contributed by atoms with Crippen molar-refractivity contribution in [1.29, 1.82) is 0 Å². The molecule has 0 fully saturated rings. The van der Waals surface area contributed by atoms with Crippen LogP contribution in [0.5, 0.6) is 0 Å². The zero-order chi connectivity index (χ0) is 17.3. The molecule has 1 aromatic carbocycles. The smallest absolute Gasteiger partial charge is 0.347 e. The average Bonchev–Trinajstić information content (AvgIpc) is 2.35. The molecule has 0 heterocycles. The minimum Gasteiger partial charge on any atom is -0.347 e. The van der Waals surface area contributed by atoms with Gasteiger partial charge in [0.2, 0.25) is 15.9 Å². The van der Waals surface area contributed by atoms with Gasteiger partial charge in [0.1, 0.15) is 6.04 Å². The number of rotatable bonds is 4. The number of halogens is 3. The number of sulfonamides is 1. The van der Waals surface area contributed by atoms with E-state index < -0.39 is 33.7 Å². The number of likely N-dealkylation sites (N-methyl/N-ethyl adjacent to an activating group) is 1. The molecule has 9 heteroatoms. The van der Waals surface area contributed by atoms with Gasteiger partial charge < -0.3 is 4.90 Å². The summed E-state index contributed by atoms with van der Waals surface area (Å²) in [4.78, 5) is 13.2. The number of anilines is 1. The van der Waals surface area contributed by atoms with Crippen molar-refractivity contribution in [3.05, 3.63) is 29.8 Å². The zero-order valence-corrected chi connectivity index (χ0v) is 13.4. The number of carbonyl (C=O) groups excluding carboxylic acids is 1. The molecule has 124 valence electrons. The fraction of sp³-hybridized carbons (Fsp3) is 0.462. The molecule has 1 atom stereocenters. The first-order chi connectivity index (χ1) is 9.85. The SMILES string of the molecule is CC(C(=O)N(C)C)N(c1cccc(C(F)(F)F)c1)S(C)(=O)=O. The van der Waals surface area contributed by atoms with E-state index in [0.717, 1.165) is 18.4 Å². The summed E-state index contributed by atoms with van der Waals surface area (Å²) in [6.45, 7) is 1.32. The first-order valence-electron chi connectivity index (χ1n) is 6.23. The molecule has 5 nitrogen and oxygen atoms in total. The molecule has 0 saturated carbocycles. The second-order valence-electron chi connectivity index (χ2n) is 5.02. The van der Waals surface area contributed by atoms with Gasteiger partial charge >= 0.3 is 6.18 Å². The summed E-state index contributed by atoms with van der Waals surface area (Å²) in [5.41, 5.74) is -1.19. The molecule has 0 aromatic heterocycles. The molecule has 1 unspecified atom stereocenters. The Kier molecular flexibility index (Phi) is 5.11. The van der Waals surface area contributed by atoms with Gasteiger partial charge in [0.15, 0.2) is 0 Å². The number of benzene rings is 1. The summed E-state index contributed by atoms with van der Waals surface area (Å²) in [6, 6.07) is 2.70. The largest absolute Gasteiger partial charge is 0.416 e. The Bertz CT molecular complexity index is 657. The van der Waals surface area contributed by atoms with Crippen LogP contribution in [0.3, 0.4) is 0 Å². The van der Waals surface area contributed by atoms with E-state index in [9.17, 15) is 26.4 Å². The fourth-order valence-corrected chi connectivity index (χ4v) is 3.16. The van der Waals surface area contributed by atoms with Gasteiger partial charge in [0, 0.05) is 14.1 Å². The maximum atomic E-state index is 12.8. The van der Waals surface area contributed by atoms with Gasteiger partial charge in [0.25, 0.3) is 0 Å². The fourth-order valence-electron chi connectivity index (χ4n) is 2.00. The summed E-state index contributed by atoms with van der Waals surface area (Å²) in [6.07, 6.45) is -3.76. The third-order valence-electron chi connectivity index (χ3n) is 2.94. The van der Waals surface area contributed by atoms with Gasteiger partial charge in [-0.05, 0) is 25.1 Å². The summed E-state index contributed by atoms with van der Waals surface area (Å²) in [7, 11) is -1.07. The summed E-state index contributed by atoms with van der Waals surface area (Å²) < 4.78 is 62.9. The molecule has 0 N–H and O–H groups in total. The van der Waals surface area contributed by atoms with Gasteiger partial charge in [-0.25, -0.2) is 8.42 Å². The third-order valence-corrected chi connectivity index (χ3v) is 4.18. The van der Waals surface area contributed by atoms with Crippen molar-refractivity contribution in [3.63, 3.8) is 0 Å². The van der Waals surface area contributed by atoms with Gasteiger partial charge in [-0.3, -0.25) is 9.10 Å². The number of nitrogens with zero attached hydrogens (tertiary/aromatic N) is 2. The van der Waals surface area contributed by atoms with Crippen LogP contribution in [0.4, 0.5) is 18.9 Å². The van der Waals surface area contributed by atoms with E-state index in [0.29, 0.717) is 10.4 Å². The van der Waals surface area contributed by atoms with E-state index in [2.05, 4.69) is 0 Å². The van der Waals surface area contributed by atoms with Gasteiger partial charge in [-0.15, -0.1) is 0 Å². The molecule has 0 bridgehead atoms. The first kappa shape index (κ1) is 18.3. The minimum absolute atomic E-state index is 0.208. The third kappa shape index (κ3) is 4.12. The number of carbonyl (C=O) groups is 1. The molecular weight excluding hydrogens is 321 g/mol. The van der Waals surface area contributed by atoms with Gasteiger partial charge in [-0.1, -0.05) is 6.07 Å². The number of hydrogen-bond donors (Lipinski definition) is 0. The predicted octanol–water partition coefficient (Wildman–Crippen LogP) is 1.95. The average molecular weight is 338 g/mol. The lowest BCUT2D eigenvalue weighted by atomic mass is 10.1. The Morgan fingerprint density at radius 2 is 1.77 bits per heavy atom. The number of amides is 1. The Morgan fingerprint density at radius 3 is 2.18 bits per heavy atom. The topological polar surface area (TPSA) is 57.7 Å². The highest BCUT2D eigenvalue weighted by Crippen LogP contribution is 2.32. The molecule has 1 rings (SSSR count). The van der Waals surface area contributed by atoms with E-state index in [1.807, 2.05) is 0 Å². The van der Waals surface area contributed by atoms with Crippen molar-refractivity contribution in [2.24, 2.45) is 0 Å². The Morgan fingerprint density at radius 1 is 1.23 bits per heavy atom. The van der Waals surface area contributed by atoms with Crippen molar-refractivity contribution in [1.82, 2.24) is 4.90 Å².